The molecule has 0 fully saturated rings. The van der Waals surface area contributed by atoms with Crippen molar-refractivity contribution in [1.82, 2.24) is 0 Å². The molecule has 1 aliphatic carbocycles. The molecule has 5 nitrogen and oxygen atoms in total. The van der Waals surface area contributed by atoms with Gasteiger partial charge in [0.2, 0.25) is 0 Å². The maximum Gasteiger partial charge on any atom is 0.341 e. The molecule has 0 saturated carbocycles. The quantitative estimate of drug-likeness (QED) is 0.833. The van der Waals surface area contributed by atoms with E-state index in [0.29, 0.717) is 22.0 Å². The summed E-state index contributed by atoms with van der Waals surface area (Å²) < 4.78 is 4.91. The first-order valence-electron chi connectivity index (χ1n) is 7.82. The summed E-state index contributed by atoms with van der Waals surface area (Å²) in [4.78, 5) is 25.8. The predicted molar refractivity (Wildman–Crippen MR) is 92.9 cm³/mol. The molecule has 1 amide bonds. The molecule has 0 radical (unpaired) electrons. The van der Waals surface area contributed by atoms with E-state index < -0.39 is 5.97 Å². The van der Waals surface area contributed by atoms with Crippen LogP contribution in [0.1, 0.15) is 44.5 Å². The molecule has 1 aromatic carbocycles. The summed E-state index contributed by atoms with van der Waals surface area (Å²) >= 11 is 1.45. The van der Waals surface area contributed by atoms with Crippen LogP contribution >= 0.6 is 11.3 Å². The molecule has 2 N–H and O–H groups in total. The van der Waals surface area contributed by atoms with Crippen molar-refractivity contribution in [3.63, 3.8) is 0 Å². The van der Waals surface area contributed by atoms with Crippen molar-refractivity contribution in [2.24, 2.45) is 5.92 Å². The predicted octanol–water partition coefficient (Wildman–Crippen LogP) is 3.62. The van der Waals surface area contributed by atoms with Crippen LogP contribution in [0.25, 0.3) is 0 Å². The molecule has 3 rings (SSSR count). The number of esters is 1. The van der Waals surface area contributed by atoms with Crippen molar-refractivity contribution < 1.29 is 19.4 Å². The fourth-order valence-corrected chi connectivity index (χ4v) is 4.34. The lowest BCUT2D eigenvalue weighted by Gasteiger charge is -2.18. The van der Waals surface area contributed by atoms with E-state index in [9.17, 15) is 14.7 Å². The minimum atomic E-state index is -0.414. The molecule has 126 valence electrons. The Labute approximate surface area is 144 Å². The maximum atomic E-state index is 12.4. The van der Waals surface area contributed by atoms with Gasteiger partial charge in [-0.1, -0.05) is 6.92 Å². The SMILES string of the molecule is COC(=O)c1c(NC(=O)c2ccc(O)cc2)sc2c1CC[C@@H](C)C2. The molecule has 1 atom stereocenters. The van der Waals surface area contributed by atoms with Crippen LogP contribution in [-0.2, 0) is 17.6 Å². The van der Waals surface area contributed by atoms with Crippen molar-refractivity contribution in [3.05, 3.63) is 45.8 Å². The first-order chi connectivity index (χ1) is 11.5. The summed E-state index contributed by atoms with van der Waals surface area (Å²) in [5.41, 5.74) is 1.91. The molecule has 0 spiro atoms. The van der Waals surface area contributed by atoms with Gasteiger partial charge in [-0.15, -0.1) is 11.3 Å². The Hall–Kier alpha value is -2.34. The van der Waals surface area contributed by atoms with Crippen molar-refractivity contribution in [3.8, 4) is 5.75 Å². The van der Waals surface area contributed by atoms with Crippen molar-refractivity contribution in [1.29, 1.82) is 0 Å². The number of amides is 1. The third-order valence-corrected chi connectivity index (χ3v) is 5.43. The number of rotatable bonds is 3. The molecule has 0 bridgehead atoms. The number of phenolic OH excluding ortho intramolecular Hbond substituents is 1. The summed E-state index contributed by atoms with van der Waals surface area (Å²) in [5, 5.41) is 12.7. The van der Waals surface area contributed by atoms with E-state index in [-0.39, 0.29) is 11.7 Å². The van der Waals surface area contributed by atoms with Gasteiger partial charge in [0.25, 0.3) is 5.91 Å². The number of anilines is 1. The van der Waals surface area contributed by atoms with Gasteiger partial charge >= 0.3 is 5.97 Å². The van der Waals surface area contributed by atoms with E-state index in [2.05, 4.69) is 12.2 Å². The number of thiophene rings is 1. The number of benzene rings is 1. The van der Waals surface area contributed by atoms with E-state index in [0.717, 1.165) is 29.7 Å². The molecular weight excluding hydrogens is 326 g/mol. The smallest absolute Gasteiger partial charge is 0.341 e. The van der Waals surface area contributed by atoms with Gasteiger partial charge in [-0.05, 0) is 55.0 Å². The molecule has 1 heterocycles. The van der Waals surface area contributed by atoms with Crippen LogP contribution in [-0.4, -0.2) is 24.1 Å². The van der Waals surface area contributed by atoms with Crippen LogP contribution in [0.5, 0.6) is 5.75 Å². The summed E-state index contributed by atoms with van der Waals surface area (Å²) in [6, 6.07) is 5.99. The molecule has 2 aromatic rings. The number of hydrogen-bond donors (Lipinski definition) is 2. The second-order valence-electron chi connectivity index (χ2n) is 6.05. The molecule has 0 aliphatic heterocycles. The van der Waals surface area contributed by atoms with Gasteiger partial charge in [0, 0.05) is 10.4 Å². The second kappa shape index (κ2) is 6.65. The van der Waals surface area contributed by atoms with E-state index in [1.54, 1.807) is 0 Å². The highest BCUT2D eigenvalue weighted by Gasteiger charge is 2.29. The topological polar surface area (TPSA) is 75.6 Å². The second-order valence-corrected chi connectivity index (χ2v) is 7.15. The highest BCUT2D eigenvalue weighted by Crippen LogP contribution is 2.40. The third-order valence-electron chi connectivity index (χ3n) is 4.26. The number of carbonyl (C=O) groups excluding carboxylic acids is 2. The molecule has 6 heteroatoms. The lowest BCUT2D eigenvalue weighted by atomic mass is 9.88. The monoisotopic (exact) mass is 345 g/mol. The Morgan fingerprint density at radius 2 is 2.00 bits per heavy atom. The summed E-state index contributed by atoms with van der Waals surface area (Å²) in [6.07, 6.45) is 2.77. The maximum absolute atomic E-state index is 12.4. The average molecular weight is 345 g/mol. The fraction of sp³-hybridized carbons (Fsp3) is 0.333. The normalized spacial score (nSPS) is 16.3. The molecular formula is C18H19NO4S. The first kappa shape index (κ1) is 16.5. The zero-order valence-electron chi connectivity index (χ0n) is 13.6. The zero-order valence-corrected chi connectivity index (χ0v) is 14.4. The number of nitrogens with one attached hydrogen (secondary N) is 1. The fourth-order valence-electron chi connectivity index (χ4n) is 2.94. The Morgan fingerprint density at radius 3 is 2.67 bits per heavy atom. The van der Waals surface area contributed by atoms with Crippen LogP contribution in [0.15, 0.2) is 24.3 Å². The molecule has 0 saturated heterocycles. The molecule has 24 heavy (non-hydrogen) atoms. The van der Waals surface area contributed by atoms with Gasteiger partial charge in [0.15, 0.2) is 0 Å². The van der Waals surface area contributed by atoms with Gasteiger partial charge in [0.1, 0.15) is 10.8 Å². The van der Waals surface area contributed by atoms with Crippen molar-refractivity contribution >= 4 is 28.2 Å². The van der Waals surface area contributed by atoms with Gasteiger partial charge in [-0.2, -0.15) is 0 Å². The lowest BCUT2D eigenvalue weighted by Crippen LogP contribution is -2.16. The van der Waals surface area contributed by atoms with Crippen LogP contribution in [0.2, 0.25) is 0 Å². The zero-order chi connectivity index (χ0) is 17.3. The highest BCUT2D eigenvalue weighted by molar-refractivity contribution is 7.17. The summed E-state index contributed by atoms with van der Waals surface area (Å²) in [5.74, 6) is -0.0560. The Morgan fingerprint density at radius 1 is 1.29 bits per heavy atom. The first-order valence-corrected chi connectivity index (χ1v) is 8.64. The largest absolute Gasteiger partial charge is 0.508 e. The summed E-state index contributed by atoms with van der Waals surface area (Å²) in [6.45, 7) is 2.19. The Balaban J connectivity index is 1.93. The Bertz CT molecular complexity index is 779. The van der Waals surface area contributed by atoms with Crippen molar-refractivity contribution in [2.45, 2.75) is 26.2 Å². The number of methoxy groups -OCH3 is 1. The number of hydrogen-bond acceptors (Lipinski definition) is 5. The van der Waals surface area contributed by atoms with E-state index in [1.165, 1.54) is 42.7 Å². The lowest BCUT2D eigenvalue weighted by molar-refractivity contribution is 0.0601. The van der Waals surface area contributed by atoms with E-state index >= 15 is 0 Å². The van der Waals surface area contributed by atoms with Crippen LogP contribution in [0.4, 0.5) is 5.00 Å². The molecule has 1 aliphatic rings. The third kappa shape index (κ3) is 3.14. The average Bonchev–Trinajstić information content (AvgIpc) is 2.91. The number of carbonyl (C=O) groups is 2. The minimum absolute atomic E-state index is 0.0994. The van der Waals surface area contributed by atoms with Crippen LogP contribution in [0, 0.1) is 5.92 Å². The van der Waals surface area contributed by atoms with Gasteiger partial charge in [0.05, 0.1) is 12.7 Å². The standard InChI is InChI=1S/C18H19NO4S/c1-10-3-8-13-14(9-10)24-17(15(13)18(22)23-2)19-16(21)11-4-6-12(20)7-5-11/h4-7,10,20H,3,8-9H2,1-2H3,(H,19,21)/t10-/m1/s1. The highest BCUT2D eigenvalue weighted by atomic mass is 32.1. The molecule has 1 aromatic heterocycles. The van der Waals surface area contributed by atoms with Crippen LogP contribution < -0.4 is 5.32 Å². The number of fused-ring (bicyclic) bond motifs is 1. The number of phenols is 1. The van der Waals surface area contributed by atoms with Crippen molar-refractivity contribution in [2.75, 3.05) is 12.4 Å². The molecule has 0 unspecified atom stereocenters. The van der Waals surface area contributed by atoms with E-state index in [1.807, 2.05) is 0 Å². The number of aromatic hydroxyl groups is 1. The van der Waals surface area contributed by atoms with Gasteiger partial charge in [-0.3, -0.25) is 4.79 Å². The van der Waals surface area contributed by atoms with Gasteiger partial charge in [-0.25, -0.2) is 4.79 Å². The minimum Gasteiger partial charge on any atom is -0.508 e. The number of ether oxygens (including phenoxy) is 1. The van der Waals surface area contributed by atoms with Crippen LogP contribution in [0.3, 0.4) is 0 Å². The van der Waals surface area contributed by atoms with Gasteiger partial charge < -0.3 is 15.2 Å². The summed E-state index contributed by atoms with van der Waals surface area (Å²) in [7, 11) is 1.35. The Kier molecular flexibility index (Phi) is 4.57. The van der Waals surface area contributed by atoms with E-state index in [4.69, 9.17) is 4.74 Å².